The van der Waals surface area contributed by atoms with Gasteiger partial charge in [0.05, 0.1) is 0 Å². The number of carbonyl (C=O) groups excluding carboxylic acids is 1. The minimum Gasteiger partial charge on any atom is -0.356 e. The summed E-state index contributed by atoms with van der Waals surface area (Å²) in [5, 5.41) is 0. The summed E-state index contributed by atoms with van der Waals surface area (Å²) in [6.45, 7) is 2.01. The molecule has 0 radical (unpaired) electrons. The van der Waals surface area contributed by atoms with Gasteiger partial charge in [-0.05, 0) is 24.6 Å². The van der Waals surface area contributed by atoms with E-state index in [1.165, 1.54) is 0 Å². The lowest BCUT2D eigenvalue weighted by Crippen LogP contribution is -2.08. The minimum absolute atomic E-state index is 0.0602. The molecule has 1 aliphatic heterocycles. The molecule has 19 heavy (non-hydrogen) atoms. The number of ketones is 1. The van der Waals surface area contributed by atoms with Crippen molar-refractivity contribution in [2.45, 2.75) is 19.1 Å². The summed E-state index contributed by atoms with van der Waals surface area (Å²) < 4.78 is 6.54. The molecule has 3 rings (SSSR count). The molecule has 0 spiro atoms. The average molecular weight is 317 g/mol. The lowest BCUT2D eigenvalue weighted by atomic mass is 10.0. The molecule has 1 aliphatic rings. The van der Waals surface area contributed by atoms with E-state index in [9.17, 15) is 4.79 Å². The van der Waals surface area contributed by atoms with Crippen LogP contribution in [0.15, 0.2) is 53.0 Å². The van der Waals surface area contributed by atoms with Crippen molar-refractivity contribution in [3.05, 3.63) is 69.7 Å². The fraction of sp³-hybridized carbons (Fsp3) is 0.188. The molecule has 0 amide bonds. The molecular formula is C16H13BrO2. The molecule has 3 heteroatoms. The Morgan fingerprint density at radius 2 is 1.89 bits per heavy atom. The van der Waals surface area contributed by atoms with Crippen molar-refractivity contribution < 1.29 is 9.53 Å². The van der Waals surface area contributed by atoms with E-state index in [4.69, 9.17) is 4.74 Å². The molecule has 0 unspecified atom stereocenters. The van der Waals surface area contributed by atoms with Crippen molar-refractivity contribution >= 4 is 21.7 Å². The second kappa shape index (κ2) is 4.91. The molecule has 2 aromatic carbocycles. The Morgan fingerprint density at radius 3 is 2.58 bits per heavy atom. The molecule has 1 fully saturated rings. The Balaban J connectivity index is 1.76. The summed E-state index contributed by atoms with van der Waals surface area (Å²) >= 11 is 3.43. The summed E-state index contributed by atoms with van der Waals surface area (Å²) in [4.78, 5) is 12.3. The van der Waals surface area contributed by atoms with Crippen LogP contribution in [0.25, 0.3) is 0 Å². The molecule has 1 heterocycles. The maximum absolute atomic E-state index is 12.3. The van der Waals surface area contributed by atoms with Gasteiger partial charge >= 0.3 is 0 Å². The highest BCUT2D eigenvalue weighted by Crippen LogP contribution is 2.41. The van der Waals surface area contributed by atoms with Gasteiger partial charge in [-0.3, -0.25) is 4.79 Å². The van der Waals surface area contributed by atoms with Gasteiger partial charge in [-0.25, -0.2) is 0 Å². The predicted octanol–water partition coefficient (Wildman–Crippen LogP) is 4.08. The van der Waals surface area contributed by atoms with Gasteiger partial charge in [0.2, 0.25) is 0 Å². The third-order valence-corrected chi connectivity index (χ3v) is 3.76. The first-order chi connectivity index (χ1) is 9.15. The van der Waals surface area contributed by atoms with Crippen LogP contribution in [0.2, 0.25) is 0 Å². The van der Waals surface area contributed by atoms with E-state index in [1.807, 2.05) is 55.5 Å². The standard InChI is InChI=1S/C16H13BrO2/c1-10-5-7-11(8-6-10)14(18)16-15(19-16)12-3-2-4-13(17)9-12/h2-9,15-16H,1H3/t15-,16-/m1/s1. The summed E-state index contributed by atoms with van der Waals surface area (Å²) in [7, 11) is 0. The summed E-state index contributed by atoms with van der Waals surface area (Å²) in [5.74, 6) is 0.0602. The first-order valence-corrected chi connectivity index (χ1v) is 6.96. The van der Waals surface area contributed by atoms with Crippen LogP contribution in [-0.2, 0) is 4.74 Å². The first-order valence-electron chi connectivity index (χ1n) is 6.17. The van der Waals surface area contributed by atoms with Gasteiger partial charge in [-0.1, -0.05) is 57.9 Å². The fourth-order valence-electron chi connectivity index (χ4n) is 2.13. The Bertz CT molecular complexity index is 619. The normalized spacial score (nSPS) is 21.2. The topological polar surface area (TPSA) is 29.6 Å². The van der Waals surface area contributed by atoms with Crippen LogP contribution in [0.4, 0.5) is 0 Å². The summed E-state index contributed by atoms with van der Waals surface area (Å²) in [6, 6.07) is 15.5. The summed E-state index contributed by atoms with van der Waals surface area (Å²) in [5.41, 5.74) is 2.91. The van der Waals surface area contributed by atoms with E-state index in [0.717, 1.165) is 15.6 Å². The molecule has 2 atom stereocenters. The predicted molar refractivity (Wildman–Crippen MR) is 77.3 cm³/mol. The van der Waals surface area contributed by atoms with Gasteiger partial charge in [-0.2, -0.15) is 0 Å². The Hall–Kier alpha value is -1.45. The molecule has 0 saturated carbocycles. The van der Waals surface area contributed by atoms with Crippen LogP contribution in [0.1, 0.15) is 27.6 Å². The van der Waals surface area contributed by atoms with Crippen LogP contribution < -0.4 is 0 Å². The minimum atomic E-state index is -0.336. The second-order valence-electron chi connectivity index (χ2n) is 4.76. The zero-order valence-corrected chi connectivity index (χ0v) is 12.1. The first kappa shape index (κ1) is 12.6. The Morgan fingerprint density at radius 1 is 1.16 bits per heavy atom. The summed E-state index contributed by atoms with van der Waals surface area (Å²) in [6.07, 6.45) is -0.441. The highest BCUT2D eigenvalue weighted by molar-refractivity contribution is 9.10. The number of Topliss-reactive ketones (excluding diaryl/α,β-unsaturated/α-hetero) is 1. The molecule has 96 valence electrons. The lowest BCUT2D eigenvalue weighted by Gasteiger charge is -1.99. The number of ether oxygens (including phenoxy) is 1. The van der Waals surface area contributed by atoms with Gasteiger partial charge in [0.1, 0.15) is 6.10 Å². The number of carbonyl (C=O) groups is 1. The van der Waals surface area contributed by atoms with E-state index in [-0.39, 0.29) is 18.0 Å². The van der Waals surface area contributed by atoms with E-state index in [1.54, 1.807) is 0 Å². The van der Waals surface area contributed by atoms with Crippen molar-refractivity contribution in [2.75, 3.05) is 0 Å². The van der Waals surface area contributed by atoms with Crippen LogP contribution >= 0.6 is 15.9 Å². The van der Waals surface area contributed by atoms with Crippen molar-refractivity contribution in [1.29, 1.82) is 0 Å². The van der Waals surface area contributed by atoms with Crippen molar-refractivity contribution in [3.8, 4) is 0 Å². The van der Waals surface area contributed by atoms with E-state index < -0.39 is 0 Å². The number of hydrogen-bond donors (Lipinski definition) is 0. The van der Waals surface area contributed by atoms with Crippen LogP contribution in [-0.4, -0.2) is 11.9 Å². The molecule has 2 nitrogen and oxygen atoms in total. The Kier molecular flexibility index (Phi) is 3.25. The smallest absolute Gasteiger partial charge is 0.194 e. The molecule has 2 aromatic rings. The average Bonchev–Trinajstić information content (AvgIpc) is 3.19. The maximum Gasteiger partial charge on any atom is 0.194 e. The highest BCUT2D eigenvalue weighted by atomic mass is 79.9. The largest absolute Gasteiger partial charge is 0.356 e. The number of epoxide rings is 1. The molecule has 0 bridgehead atoms. The quantitative estimate of drug-likeness (QED) is 0.630. The van der Waals surface area contributed by atoms with Gasteiger partial charge in [0.25, 0.3) is 0 Å². The van der Waals surface area contributed by atoms with Crippen molar-refractivity contribution in [3.63, 3.8) is 0 Å². The zero-order valence-electron chi connectivity index (χ0n) is 10.5. The molecular weight excluding hydrogens is 304 g/mol. The SMILES string of the molecule is Cc1ccc(C(=O)[C@H]2O[C@@H]2c2cccc(Br)c2)cc1. The van der Waals surface area contributed by atoms with Crippen molar-refractivity contribution in [2.24, 2.45) is 0 Å². The highest BCUT2D eigenvalue weighted by Gasteiger charge is 2.46. The van der Waals surface area contributed by atoms with Gasteiger partial charge < -0.3 is 4.74 Å². The van der Waals surface area contributed by atoms with E-state index >= 15 is 0 Å². The van der Waals surface area contributed by atoms with Gasteiger partial charge in [0.15, 0.2) is 11.9 Å². The number of hydrogen-bond acceptors (Lipinski definition) is 2. The van der Waals surface area contributed by atoms with E-state index in [2.05, 4.69) is 15.9 Å². The number of rotatable bonds is 3. The molecule has 1 saturated heterocycles. The monoisotopic (exact) mass is 316 g/mol. The van der Waals surface area contributed by atoms with Crippen LogP contribution in [0.5, 0.6) is 0 Å². The molecule has 0 aliphatic carbocycles. The maximum atomic E-state index is 12.3. The number of aryl methyl sites for hydroxylation is 1. The fourth-order valence-corrected chi connectivity index (χ4v) is 2.55. The van der Waals surface area contributed by atoms with E-state index in [0.29, 0.717) is 5.56 Å². The van der Waals surface area contributed by atoms with Gasteiger partial charge in [-0.15, -0.1) is 0 Å². The Labute approximate surface area is 120 Å². The van der Waals surface area contributed by atoms with Crippen LogP contribution in [0.3, 0.4) is 0 Å². The zero-order chi connectivity index (χ0) is 13.4. The molecule has 0 aromatic heterocycles. The second-order valence-corrected chi connectivity index (χ2v) is 5.68. The van der Waals surface area contributed by atoms with Crippen molar-refractivity contribution in [1.82, 2.24) is 0 Å². The molecule has 0 N–H and O–H groups in total. The van der Waals surface area contributed by atoms with Gasteiger partial charge in [0, 0.05) is 10.0 Å². The third-order valence-electron chi connectivity index (χ3n) is 3.26. The number of benzene rings is 2. The van der Waals surface area contributed by atoms with Crippen LogP contribution in [0, 0.1) is 6.92 Å². The third kappa shape index (κ3) is 2.62. The number of halogens is 1. The lowest BCUT2D eigenvalue weighted by molar-refractivity contribution is 0.0953.